The number of nitrogen functional groups attached to an aromatic ring is 1. The number of carbonyl (C=O) groups excluding carboxylic acids is 1. The molecule has 3 heteroatoms. The molecule has 0 aliphatic rings. The van der Waals surface area contributed by atoms with Crippen LogP contribution in [0.4, 0.5) is 5.69 Å². The highest BCUT2D eigenvalue weighted by Gasteiger charge is 2.10. The Morgan fingerprint density at radius 3 is 2.28 bits per heavy atom. The van der Waals surface area contributed by atoms with Gasteiger partial charge in [-0.3, -0.25) is 4.79 Å². The zero-order valence-corrected chi connectivity index (χ0v) is 11.7. The Balaban J connectivity index is 2.32. The predicted octanol–water partition coefficient (Wildman–Crippen LogP) is 3.82. The van der Waals surface area contributed by atoms with E-state index in [1.165, 1.54) is 5.56 Å². The number of nitrogens with two attached hydrogens (primary N) is 1. The van der Waals surface area contributed by atoms with Crippen LogP contribution in [0.25, 0.3) is 0 Å². The van der Waals surface area contributed by atoms with Crippen LogP contribution >= 0.6 is 15.9 Å². The van der Waals surface area contributed by atoms with E-state index in [1.54, 1.807) is 18.2 Å². The van der Waals surface area contributed by atoms with Crippen molar-refractivity contribution in [3.8, 4) is 0 Å². The second kappa shape index (κ2) is 5.36. The number of halogens is 1. The van der Waals surface area contributed by atoms with E-state index in [-0.39, 0.29) is 5.78 Å². The van der Waals surface area contributed by atoms with Crippen molar-refractivity contribution in [2.24, 2.45) is 0 Å². The Morgan fingerprint density at radius 1 is 1.11 bits per heavy atom. The summed E-state index contributed by atoms with van der Waals surface area (Å²) in [4.78, 5) is 12.2. The molecule has 2 nitrogen and oxygen atoms in total. The Kier molecular flexibility index (Phi) is 3.82. The van der Waals surface area contributed by atoms with Crippen LogP contribution < -0.4 is 5.73 Å². The lowest BCUT2D eigenvalue weighted by molar-refractivity contribution is 0.103. The molecule has 0 bridgehead atoms. The van der Waals surface area contributed by atoms with Gasteiger partial charge >= 0.3 is 0 Å². The molecule has 0 amide bonds. The van der Waals surface area contributed by atoms with Crippen molar-refractivity contribution in [1.82, 2.24) is 0 Å². The number of hydrogen-bond donors (Lipinski definition) is 1. The Morgan fingerprint density at radius 2 is 1.72 bits per heavy atom. The number of aryl methyl sites for hydroxylation is 1. The van der Waals surface area contributed by atoms with Gasteiger partial charge in [-0.1, -0.05) is 31.2 Å². The molecule has 0 atom stereocenters. The molecule has 2 N–H and O–H groups in total. The summed E-state index contributed by atoms with van der Waals surface area (Å²) in [6.45, 7) is 2.09. The summed E-state index contributed by atoms with van der Waals surface area (Å²) in [6.07, 6.45) is 0.972. The molecule has 2 rings (SSSR count). The van der Waals surface area contributed by atoms with Crippen molar-refractivity contribution in [2.45, 2.75) is 13.3 Å². The van der Waals surface area contributed by atoms with Crippen LogP contribution in [0.15, 0.2) is 46.9 Å². The Hall–Kier alpha value is -1.61. The van der Waals surface area contributed by atoms with E-state index in [9.17, 15) is 4.79 Å². The summed E-state index contributed by atoms with van der Waals surface area (Å²) in [7, 11) is 0. The van der Waals surface area contributed by atoms with E-state index in [0.29, 0.717) is 16.8 Å². The lowest BCUT2D eigenvalue weighted by atomic mass is 10.0. The highest BCUT2D eigenvalue weighted by molar-refractivity contribution is 9.10. The summed E-state index contributed by atoms with van der Waals surface area (Å²) in [5.74, 6) is -0.00291. The molecule has 2 aromatic carbocycles. The van der Waals surface area contributed by atoms with Gasteiger partial charge < -0.3 is 5.73 Å². The van der Waals surface area contributed by atoms with Gasteiger partial charge in [0.15, 0.2) is 5.78 Å². The summed E-state index contributed by atoms with van der Waals surface area (Å²) in [5, 5.41) is 0. The molecule has 92 valence electrons. The average Bonchev–Trinajstić information content (AvgIpc) is 2.41. The third-order valence-corrected chi connectivity index (χ3v) is 3.60. The monoisotopic (exact) mass is 303 g/mol. The first kappa shape index (κ1) is 12.8. The number of carbonyl (C=O) groups is 1. The number of rotatable bonds is 3. The minimum atomic E-state index is -0.00291. The molecule has 0 heterocycles. The fourth-order valence-electron chi connectivity index (χ4n) is 1.74. The van der Waals surface area contributed by atoms with E-state index in [4.69, 9.17) is 5.73 Å². The molecule has 0 fully saturated rings. The van der Waals surface area contributed by atoms with Crippen molar-refractivity contribution in [3.05, 3.63) is 63.6 Å². The molecule has 0 unspecified atom stereocenters. The lowest BCUT2D eigenvalue weighted by Gasteiger charge is -2.05. The first-order valence-electron chi connectivity index (χ1n) is 5.80. The van der Waals surface area contributed by atoms with Crippen LogP contribution in [-0.2, 0) is 6.42 Å². The van der Waals surface area contributed by atoms with Crippen LogP contribution in [0.3, 0.4) is 0 Å². The van der Waals surface area contributed by atoms with Crippen molar-refractivity contribution in [2.75, 3.05) is 5.73 Å². The molecule has 0 radical (unpaired) electrons. The van der Waals surface area contributed by atoms with Gasteiger partial charge in [0, 0.05) is 21.3 Å². The highest BCUT2D eigenvalue weighted by atomic mass is 79.9. The molecule has 0 aromatic heterocycles. The van der Waals surface area contributed by atoms with Gasteiger partial charge in [-0.2, -0.15) is 0 Å². The molecular weight excluding hydrogens is 290 g/mol. The van der Waals surface area contributed by atoms with Crippen molar-refractivity contribution in [3.63, 3.8) is 0 Å². The number of benzene rings is 2. The molecule has 18 heavy (non-hydrogen) atoms. The number of ketones is 1. The van der Waals surface area contributed by atoms with E-state index < -0.39 is 0 Å². The van der Waals surface area contributed by atoms with Crippen molar-refractivity contribution < 1.29 is 4.79 Å². The minimum absolute atomic E-state index is 0.00291. The van der Waals surface area contributed by atoms with Gasteiger partial charge in [-0.25, -0.2) is 0 Å². The second-order valence-corrected chi connectivity index (χ2v) is 4.97. The molecule has 2 aromatic rings. The standard InChI is InChI=1S/C15H14BrNO/c1-2-10-3-5-11(6-4-10)15(18)12-7-8-13(16)14(17)9-12/h3-9H,2,17H2,1H3. The normalized spacial score (nSPS) is 10.3. The van der Waals surface area contributed by atoms with Gasteiger partial charge in [0.1, 0.15) is 0 Å². The van der Waals surface area contributed by atoms with Crippen LogP contribution in [0.1, 0.15) is 28.4 Å². The molecule has 0 spiro atoms. The van der Waals surface area contributed by atoms with E-state index in [1.807, 2.05) is 24.3 Å². The topological polar surface area (TPSA) is 43.1 Å². The predicted molar refractivity (Wildman–Crippen MR) is 77.8 cm³/mol. The van der Waals surface area contributed by atoms with E-state index in [2.05, 4.69) is 22.9 Å². The van der Waals surface area contributed by atoms with Crippen LogP contribution in [0, 0.1) is 0 Å². The quantitative estimate of drug-likeness (QED) is 0.692. The average molecular weight is 304 g/mol. The number of anilines is 1. The minimum Gasteiger partial charge on any atom is -0.398 e. The summed E-state index contributed by atoms with van der Waals surface area (Å²) >= 11 is 3.32. The third-order valence-electron chi connectivity index (χ3n) is 2.88. The van der Waals surface area contributed by atoms with Gasteiger partial charge in [0.05, 0.1) is 0 Å². The Bertz CT molecular complexity index is 576. The number of hydrogen-bond acceptors (Lipinski definition) is 2. The van der Waals surface area contributed by atoms with Gasteiger partial charge in [-0.15, -0.1) is 0 Å². The van der Waals surface area contributed by atoms with Crippen molar-refractivity contribution in [1.29, 1.82) is 0 Å². The first-order chi connectivity index (χ1) is 8.61. The fraction of sp³-hybridized carbons (Fsp3) is 0.133. The zero-order valence-electron chi connectivity index (χ0n) is 10.1. The van der Waals surface area contributed by atoms with Crippen molar-refractivity contribution >= 4 is 27.4 Å². The van der Waals surface area contributed by atoms with Crippen LogP contribution in [0.5, 0.6) is 0 Å². The highest BCUT2D eigenvalue weighted by Crippen LogP contribution is 2.22. The molecule has 0 saturated carbocycles. The smallest absolute Gasteiger partial charge is 0.193 e. The SMILES string of the molecule is CCc1ccc(C(=O)c2ccc(Br)c(N)c2)cc1. The van der Waals surface area contributed by atoms with Gasteiger partial charge in [-0.05, 0) is 46.1 Å². The van der Waals surface area contributed by atoms with E-state index in [0.717, 1.165) is 10.9 Å². The molecule has 0 aliphatic carbocycles. The maximum Gasteiger partial charge on any atom is 0.193 e. The first-order valence-corrected chi connectivity index (χ1v) is 6.59. The molecule has 0 aliphatic heterocycles. The lowest BCUT2D eigenvalue weighted by Crippen LogP contribution is -2.02. The van der Waals surface area contributed by atoms with Crippen LogP contribution in [-0.4, -0.2) is 5.78 Å². The van der Waals surface area contributed by atoms with E-state index >= 15 is 0 Å². The molecular formula is C15H14BrNO. The Labute approximate surface area is 115 Å². The fourth-order valence-corrected chi connectivity index (χ4v) is 1.99. The largest absolute Gasteiger partial charge is 0.398 e. The molecule has 0 saturated heterocycles. The summed E-state index contributed by atoms with van der Waals surface area (Å²) < 4.78 is 0.806. The second-order valence-electron chi connectivity index (χ2n) is 4.12. The van der Waals surface area contributed by atoms with Gasteiger partial charge in [0.25, 0.3) is 0 Å². The zero-order chi connectivity index (χ0) is 13.1. The maximum atomic E-state index is 12.2. The maximum absolute atomic E-state index is 12.2. The third kappa shape index (κ3) is 2.62. The van der Waals surface area contributed by atoms with Gasteiger partial charge in [0.2, 0.25) is 0 Å². The summed E-state index contributed by atoms with van der Waals surface area (Å²) in [5.41, 5.74) is 8.88. The summed E-state index contributed by atoms with van der Waals surface area (Å²) in [6, 6.07) is 12.9. The van der Waals surface area contributed by atoms with Crippen LogP contribution in [0.2, 0.25) is 0 Å².